The molecule has 2 nitrogen and oxygen atoms in total. The van der Waals surface area contributed by atoms with Crippen LogP contribution in [0.5, 0.6) is 0 Å². The maximum absolute atomic E-state index is 10.8. The SMILES string of the molecule is CCC(C)C(c1ccccc1)C(O)Cc1nc(C)c(C)s1. The van der Waals surface area contributed by atoms with Crippen molar-refractivity contribution in [3.63, 3.8) is 0 Å². The number of aromatic nitrogens is 1. The average Bonchev–Trinajstić information content (AvgIpc) is 2.78. The van der Waals surface area contributed by atoms with Gasteiger partial charge in [-0.2, -0.15) is 0 Å². The molecule has 0 aliphatic rings. The highest BCUT2D eigenvalue weighted by atomic mass is 32.1. The molecule has 0 aliphatic heterocycles. The maximum atomic E-state index is 10.8. The van der Waals surface area contributed by atoms with E-state index in [1.807, 2.05) is 13.0 Å². The largest absolute Gasteiger partial charge is 0.392 e. The Balaban J connectivity index is 2.20. The fraction of sp³-hybridized carbons (Fsp3) is 0.500. The number of nitrogens with zero attached hydrogens (tertiary/aromatic N) is 1. The predicted molar refractivity (Wildman–Crippen MR) is 89.9 cm³/mol. The number of aryl methyl sites for hydroxylation is 2. The minimum Gasteiger partial charge on any atom is -0.392 e. The third-order valence-corrected chi connectivity index (χ3v) is 5.41. The molecule has 0 radical (unpaired) electrons. The highest BCUT2D eigenvalue weighted by Gasteiger charge is 2.27. The van der Waals surface area contributed by atoms with E-state index in [0.717, 1.165) is 17.1 Å². The minimum atomic E-state index is -0.382. The van der Waals surface area contributed by atoms with Gasteiger partial charge in [0.2, 0.25) is 0 Å². The first-order valence-electron chi connectivity index (χ1n) is 7.68. The molecule has 2 rings (SSSR count). The van der Waals surface area contributed by atoms with Crippen molar-refractivity contribution < 1.29 is 5.11 Å². The lowest BCUT2D eigenvalue weighted by Gasteiger charge is -2.28. The summed E-state index contributed by atoms with van der Waals surface area (Å²) >= 11 is 1.70. The van der Waals surface area contributed by atoms with Gasteiger partial charge in [0, 0.05) is 17.2 Å². The van der Waals surface area contributed by atoms with Crippen LogP contribution >= 0.6 is 11.3 Å². The van der Waals surface area contributed by atoms with Gasteiger partial charge in [-0.05, 0) is 25.3 Å². The number of aliphatic hydroxyl groups excluding tert-OH is 1. The molecule has 1 aromatic carbocycles. The summed E-state index contributed by atoms with van der Waals surface area (Å²) in [6, 6.07) is 10.4. The number of hydrogen-bond acceptors (Lipinski definition) is 3. The van der Waals surface area contributed by atoms with Gasteiger partial charge in [-0.15, -0.1) is 11.3 Å². The van der Waals surface area contributed by atoms with E-state index < -0.39 is 0 Å². The summed E-state index contributed by atoms with van der Waals surface area (Å²) in [5, 5.41) is 11.8. The Kier molecular flexibility index (Phi) is 5.54. The molecule has 1 N–H and O–H groups in total. The average molecular weight is 303 g/mol. The quantitative estimate of drug-likeness (QED) is 0.852. The standard InChI is InChI=1S/C18H25NOS/c1-5-12(2)18(15-9-7-6-8-10-15)16(20)11-17-19-13(3)14(4)21-17/h6-10,12,16,18,20H,5,11H2,1-4H3. The molecule has 2 aromatic rings. The summed E-state index contributed by atoms with van der Waals surface area (Å²) in [4.78, 5) is 5.82. The van der Waals surface area contributed by atoms with E-state index in [0.29, 0.717) is 12.3 Å². The number of rotatable bonds is 6. The summed E-state index contributed by atoms with van der Waals surface area (Å²) in [6.07, 6.45) is 1.32. The van der Waals surface area contributed by atoms with Gasteiger partial charge in [-0.25, -0.2) is 4.98 Å². The lowest BCUT2D eigenvalue weighted by Crippen LogP contribution is -2.26. The molecule has 0 saturated carbocycles. The fourth-order valence-corrected chi connectivity index (χ4v) is 3.77. The highest BCUT2D eigenvalue weighted by Crippen LogP contribution is 2.32. The zero-order chi connectivity index (χ0) is 15.4. The molecule has 1 aromatic heterocycles. The van der Waals surface area contributed by atoms with Crippen LogP contribution in [0, 0.1) is 19.8 Å². The molecular weight excluding hydrogens is 278 g/mol. The first-order valence-corrected chi connectivity index (χ1v) is 8.50. The second-order valence-corrected chi connectivity index (χ2v) is 7.13. The van der Waals surface area contributed by atoms with Gasteiger partial charge in [-0.3, -0.25) is 0 Å². The summed E-state index contributed by atoms with van der Waals surface area (Å²) in [5.74, 6) is 0.616. The van der Waals surface area contributed by atoms with Crippen LogP contribution in [0.1, 0.15) is 47.3 Å². The molecule has 0 aliphatic carbocycles. The van der Waals surface area contributed by atoms with Crippen LogP contribution in [0.4, 0.5) is 0 Å². The van der Waals surface area contributed by atoms with Crippen LogP contribution in [0.15, 0.2) is 30.3 Å². The third-order valence-electron chi connectivity index (χ3n) is 4.31. The van der Waals surface area contributed by atoms with Crippen LogP contribution in [-0.4, -0.2) is 16.2 Å². The van der Waals surface area contributed by atoms with Crippen molar-refractivity contribution >= 4 is 11.3 Å². The number of hydrogen-bond donors (Lipinski definition) is 1. The van der Waals surface area contributed by atoms with Crippen molar-refractivity contribution in [2.45, 2.75) is 52.6 Å². The lowest BCUT2D eigenvalue weighted by atomic mass is 9.80. The summed E-state index contributed by atoms with van der Waals surface area (Å²) in [7, 11) is 0. The molecule has 0 fully saturated rings. The van der Waals surface area contributed by atoms with Crippen molar-refractivity contribution in [1.82, 2.24) is 4.98 Å². The number of benzene rings is 1. The summed E-state index contributed by atoms with van der Waals surface area (Å²) in [5.41, 5.74) is 2.31. The molecule has 0 amide bonds. The molecule has 3 atom stereocenters. The van der Waals surface area contributed by atoms with Gasteiger partial charge in [0.1, 0.15) is 0 Å². The molecule has 1 heterocycles. The van der Waals surface area contributed by atoms with Gasteiger partial charge in [0.05, 0.1) is 16.8 Å². The maximum Gasteiger partial charge on any atom is 0.0956 e. The Hall–Kier alpha value is -1.19. The van der Waals surface area contributed by atoms with Gasteiger partial charge >= 0.3 is 0 Å². The van der Waals surface area contributed by atoms with E-state index in [2.05, 4.69) is 50.0 Å². The van der Waals surface area contributed by atoms with E-state index >= 15 is 0 Å². The highest BCUT2D eigenvalue weighted by molar-refractivity contribution is 7.11. The van der Waals surface area contributed by atoms with Crippen LogP contribution in [0.2, 0.25) is 0 Å². The van der Waals surface area contributed by atoms with Crippen LogP contribution in [-0.2, 0) is 6.42 Å². The zero-order valence-corrected chi connectivity index (χ0v) is 14.2. The Morgan fingerprint density at radius 1 is 1.19 bits per heavy atom. The summed E-state index contributed by atoms with van der Waals surface area (Å²) < 4.78 is 0. The Labute approximate surface area is 131 Å². The van der Waals surface area contributed by atoms with E-state index in [-0.39, 0.29) is 12.0 Å². The Bertz CT molecular complexity index is 544. The van der Waals surface area contributed by atoms with Gasteiger partial charge in [-0.1, -0.05) is 50.6 Å². The van der Waals surface area contributed by atoms with Crippen molar-refractivity contribution in [3.8, 4) is 0 Å². The first-order chi connectivity index (χ1) is 10.0. The molecular formula is C18H25NOS. The fourth-order valence-electron chi connectivity index (χ4n) is 2.79. The van der Waals surface area contributed by atoms with Crippen molar-refractivity contribution in [2.75, 3.05) is 0 Å². The monoisotopic (exact) mass is 303 g/mol. The van der Waals surface area contributed by atoms with Gasteiger partial charge < -0.3 is 5.11 Å². The molecule has 0 saturated heterocycles. The Morgan fingerprint density at radius 2 is 1.86 bits per heavy atom. The number of thiazole rings is 1. The second-order valence-electron chi connectivity index (χ2n) is 5.84. The zero-order valence-electron chi connectivity index (χ0n) is 13.3. The number of aliphatic hydroxyl groups is 1. The van der Waals surface area contributed by atoms with E-state index in [1.165, 1.54) is 10.4 Å². The molecule has 0 bridgehead atoms. The predicted octanol–water partition coefficient (Wildman–Crippen LogP) is 4.49. The Morgan fingerprint density at radius 3 is 2.38 bits per heavy atom. The van der Waals surface area contributed by atoms with E-state index in [4.69, 9.17) is 0 Å². The van der Waals surface area contributed by atoms with Crippen molar-refractivity contribution in [3.05, 3.63) is 51.5 Å². The lowest BCUT2D eigenvalue weighted by molar-refractivity contribution is 0.117. The molecule has 3 unspecified atom stereocenters. The first kappa shape index (κ1) is 16.2. The molecule has 0 spiro atoms. The van der Waals surface area contributed by atoms with Gasteiger partial charge in [0.25, 0.3) is 0 Å². The van der Waals surface area contributed by atoms with Crippen molar-refractivity contribution in [2.24, 2.45) is 5.92 Å². The molecule has 114 valence electrons. The third kappa shape index (κ3) is 3.92. The normalized spacial score (nSPS) is 15.7. The topological polar surface area (TPSA) is 33.1 Å². The smallest absolute Gasteiger partial charge is 0.0956 e. The van der Waals surface area contributed by atoms with Crippen LogP contribution in [0.3, 0.4) is 0 Å². The van der Waals surface area contributed by atoms with Crippen molar-refractivity contribution in [1.29, 1.82) is 0 Å². The molecule has 21 heavy (non-hydrogen) atoms. The summed E-state index contributed by atoms with van der Waals surface area (Å²) in [6.45, 7) is 8.53. The van der Waals surface area contributed by atoms with E-state index in [9.17, 15) is 5.11 Å². The molecule has 3 heteroatoms. The van der Waals surface area contributed by atoms with Crippen LogP contribution in [0.25, 0.3) is 0 Å². The second kappa shape index (κ2) is 7.19. The van der Waals surface area contributed by atoms with E-state index in [1.54, 1.807) is 11.3 Å². The van der Waals surface area contributed by atoms with Crippen LogP contribution < -0.4 is 0 Å². The van der Waals surface area contributed by atoms with Gasteiger partial charge in [0.15, 0.2) is 0 Å². The minimum absolute atomic E-state index is 0.167.